The zero-order valence-electron chi connectivity index (χ0n) is 14.8. The number of carbonyl (C=O) groups is 3. The molecule has 1 fully saturated rings. The van der Waals surface area contributed by atoms with E-state index in [1.165, 1.54) is 12.0 Å². The number of nitrogens with zero attached hydrogens (tertiary/aromatic N) is 2. The summed E-state index contributed by atoms with van der Waals surface area (Å²) in [6.45, 7) is 2.91. The molecular weight excluding hydrogens is 324 g/mol. The summed E-state index contributed by atoms with van der Waals surface area (Å²) in [6.07, 6.45) is 0. The maximum absolute atomic E-state index is 12.8. The van der Waals surface area contributed by atoms with Gasteiger partial charge in [0.15, 0.2) is 5.92 Å². The number of urea groups is 1. The number of ether oxygens (including phenoxy) is 1. The number of aliphatic imine (C=N–C) groups is 1. The van der Waals surface area contributed by atoms with Gasteiger partial charge in [-0.15, -0.1) is 0 Å². The van der Waals surface area contributed by atoms with Crippen molar-refractivity contribution in [2.24, 2.45) is 10.9 Å². The van der Waals surface area contributed by atoms with Crippen LogP contribution in [-0.2, 0) is 9.59 Å². The van der Waals surface area contributed by atoms with E-state index in [9.17, 15) is 14.4 Å². The van der Waals surface area contributed by atoms with Crippen molar-refractivity contribution >= 4 is 29.2 Å². The third-order valence-corrected chi connectivity index (χ3v) is 3.88. The molecule has 1 aromatic rings. The standard InChI is InChI=1S/C17H22N4O4/c1-11(18-9-10-20(2)3)14-15(22)19-17(24)21(16(14)23)12-5-7-13(25-4)8-6-12/h5-8,14H,9-10H2,1-4H3,(H,19,22,24)/p+1. The fourth-order valence-electron chi connectivity index (χ4n) is 2.47. The number of hydrogen-bond donors (Lipinski definition) is 2. The zero-order chi connectivity index (χ0) is 18.6. The van der Waals surface area contributed by atoms with Crippen molar-refractivity contribution in [2.75, 3.05) is 39.2 Å². The van der Waals surface area contributed by atoms with Crippen LogP contribution in [0.25, 0.3) is 0 Å². The van der Waals surface area contributed by atoms with E-state index in [-0.39, 0.29) is 0 Å². The molecule has 0 saturated carbocycles. The van der Waals surface area contributed by atoms with Crippen molar-refractivity contribution in [1.29, 1.82) is 0 Å². The van der Waals surface area contributed by atoms with E-state index in [2.05, 4.69) is 10.3 Å². The molecule has 8 heteroatoms. The molecule has 0 spiro atoms. The highest BCUT2D eigenvalue weighted by Crippen LogP contribution is 2.24. The Balaban J connectivity index is 2.25. The number of rotatable bonds is 6. The number of benzene rings is 1. The smallest absolute Gasteiger partial charge is 0.335 e. The molecule has 2 rings (SSSR count). The minimum atomic E-state index is -1.10. The molecule has 0 aromatic heterocycles. The number of anilines is 1. The van der Waals surface area contributed by atoms with Crippen LogP contribution >= 0.6 is 0 Å². The van der Waals surface area contributed by atoms with Gasteiger partial charge in [0.1, 0.15) is 5.75 Å². The first-order valence-corrected chi connectivity index (χ1v) is 7.98. The molecule has 1 atom stereocenters. The summed E-state index contributed by atoms with van der Waals surface area (Å²) >= 11 is 0. The number of carbonyl (C=O) groups excluding carboxylic acids is 3. The molecular formula is C17H23N4O4+. The van der Waals surface area contributed by atoms with Gasteiger partial charge in [0, 0.05) is 5.71 Å². The fraction of sp³-hybridized carbons (Fsp3) is 0.412. The maximum Gasteiger partial charge on any atom is 0.335 e. The Hall–Kier alpha value is -2.74. The molecule has 1 heterocycles. The van der Waals surface area contributed by atoms with Crippen molar-refractivity contribution in [2.45, 2.75) is 6.92 Å². The molecule has 0 bridgehead atoms. The Morgan fingerprint density at radius 3 is 2.44 bits per heavy atom. The Morgan fingerprint density at radius 2 is 1.88 bits per heavy atom. The van der Waals surface area contributed by atoms with Gasteiger partial charge in [-0.1, -0.05) is 0 Å². The molecule has 1 aliphatic heterocycles. The van der Waals surface area contributed by atoms with Crippen molar-refractivity contribution in [3.8, 4) is 5.75 Å². The summed E-state index contributed by atoms with van der Waals surface area (Å²) in [5.41, 5.74) is 0.765. The molecule has 0 aliphatic carbocycles. The van der Waals surface area contributed by atoms with Crippen LogP contribution in [0.3, 0.4) is 0 Å². The lowest BCUT2D eigenvalue weighted by atomic mass is 9.99. The van der Waals surface area contributed by atoms with E-state index in [4.69, 9.17) is 4.74 Å². The zero-order valence-corrected chi connectivity index (χ0v) is 14.8. The quantitative estimate of drug-likeness (QED) is 0.536. The Bertz CT molecular complexity index is 697. The van der Waals surface area contributed by atoms with Gasteiger partial charge in [-0.05, 0) is 31.2 Å². The molecule has 8 nitrogen and oxygen atoms in total. The molecule has 4 amide bonds. The summed E-state index contributed by atoms with van der Waals surface area (Å²) in [5, 5.41) is 2.23. The summed E-state index contributed by atoms with van der Waals surface area (Å²) in [4.78, 5) is 43.6. The number of barbiturate groups is 1. The average Bonchev–Trinajstić information content (AvgIpc) is 2.54. The van der Waals surface area contributed by atoms with Crippen LogP contribution in [0.2, 0.25) is 0 Å². The molecule has 1 aromatic carbocycles. The van der Waals surface area contributed by atoms with Crippen LogP contribution in [0.5, 0.6) is 5.75 Å². The second-order valence-electron chi connectivity index (χ2n) is 6.08. The normalized spacial score (nSPS) is 18.6. The Kier molecular flexibility index (Phi) is 5.87. The summed E-state index contributed by atoms with van der Waals surface area (Å²) in [7, 11) is 5.51. The van der Waals surface area contributed by atoms with Gasteiger partial charge in [0.2, 0.25) is 5.91 Å². The third-order valence-electron chi connectivity index (χ3n) is 3.88. The molecule has 2 N–H and O–H groups in total. The van der Waals surface area contributed by atoms with Crippen molar-refractivity contribution < 1.29 is 24.0 Å². The van der Waals surface area contributed by atoms with E-state index in [1.54, 1.807) is 31.2 Å². The number of imide groups is 2. The van der Waals surface area contributed by atoms with E-state index >= 15 is 0 Å². The fourth-order valence-corrected chi connectivity index (χ4v) is 2.47. The van der Waals surface area contributed by atoms with Crippen molar-refractivity contribution in [3.63, 3.8) is 0 Å². The first-order valence-electron chi connectivity index (χ1n) is 7.98. The number of likely N-dealkylation sites (N-methyl/N-ethyl adjacent to an activating group) is 1. The van der Waals surface area contributed by atoms with E-state index in [1.807, 2.05) is 14.1 Å². The van der Waals surface area contributed by atoms with Crippen LogP contribution in [-0.4, -0.2) is 57.9 Å². The second-order valence-corrected chi connectivity index (χ2v) is 6.08. The third kappa shape index (κ3) is 4.21. The molecule has 1 unspecified atom stereocenters. The van der Waals surface area contributed by atoms with Crippen LogP contribution < -0.4 is 19.9 Å². The summed E-state index contributed by atoms with van der Waals surface area (Å²) < 4.78 is 5.07. The lowest BCUT2D eigenvalue weighted by Crippen LogP contribution is -3.06. The molecule has 134 valence electrons. The Morgan fingerprint density at radius 1 is 1.24 bits per heavy atom. The average molecular weight is 347 g/mol. The topological polar surface area (TPSA) is 92.5 Å². The van der Waals surface area contributed by atoms with Gasteiger partial charge in [-0.25, -0.2) is 9.69 Å². The van der Waals surface area contributed by atoms with E-state index < -0.39 is 23.8 Å². The highest BCUT2D eigenvalue weighted by molar-refractivity contribution is 6.35. The summed E-state index contributed by atoms with van der Waals surface area (Å²) in [5.74, 6) is -1.74. The van der Waals surface area contributed by atoms with Crippen LogP contribution in [0.15, 0.2) is 29.3 Å². The number of quaternary nitrogens is 1. The number of nitrogens with one attached hydrogen (secondary N) is 2. The van der Waals surface area contributed by atoms with Gasteiger partial charge in [0.25, 0.3) is 5.91 Å². The molecule has 25 heavy (non-hydrogen) atoms. The van der Waals surface area contributed by atoms with Gasteiger partial charge in [-0.3, -0.25) is 19.9 Å². The monoisotopic (exact) mass is 347 g/mol. The molecule has 1 saturated heterocycles. The number of hydrogen-bond acceptors (Lipinski definition) is 5. The maximum atomic E-state index is 12.8. The van der Waals surface area contributed by atoms with Gasteiger partial charge in [0.05, 0.1) is 40.0 Å². The van der Waals surface area contributed by atoms with Gasteiger partial charge >= 0.3 is 6.03 Å². The summed E-state index contributed by atoms with van der Waals surface area (Å²) in [6, 6.07) is 5.70. The van der Waals surface area contributed by atoms with Gasteiger partial charge < -0.3 is 9.64 Å². The lowest BCUT2D eigenvalue weighted by molar-refractivity contribution is -0.856. The van der Waals surface area contributed by atoms with Crippen LogP contribution in [0.1, 0.15) is 6.92 Å². The lowest BCUT2D eigenvalue weighted by Gasteiger charge is -2.30. The highest BCUT2D eigenvalue weighted by Gasteiger charge is 2.42. The largest absolute Gasteiger partial charge is 0.497 e. The first-order chi connectivity index (χ1) is 11.8. The van der Waals surface area contributed by atoms with E-state index in [0.717, 1.165) is 11.4 Å². The van der Waals surface area contributed by atoms with Crippen molar-refractivity contribution in [3.05, 3.63) is 24.3 Å². The highest BCUT2D eigenvalue weighted by atomic mass is 16.5. The van der Waals surface area contributed by atoms with Crippen LogP contribution in [0.4, 0.5) is 10.5 Å². The van der Waals surface area contributed by atoms with E-state index in [0.29, 0.717) is 23.7 Å². The first kappa shape index (κ1) is 18.6. The number of methoxy groups -OCH3 is 1. The minimum Gasteiger partial charge on any atom is -0.497 e. The number of amides is 4. The SMILES string of the molecule is COc1ccc(N2C(=O)NC(=O)C(C(C)=NCC[NH+](C)C)C2=O)cc1. The molecule has 0 radical (unpaired) electrons. The molecule has 1 aliphatic rings. The second kappa shape index (κ2) is 7.89. The van der Waals surface area contributed by atoms with Gasteiger partial charge in [-0.2, -0.15) is 0 Å². The Labute approximate surface area is 146 Å². The predicted octanol–water partition coefficient (Wildman–Crippen LogP) is -0.500. The van der Waals surface area contributed by atoms with Crippen LogP contribution in [0, 0.1) is 5.92 Å². The minimum absolute atomic E-state index is 0.367. The predicted molar refractivity (Wildman–Crippen MR) is 93.2 cm³/mol. The van der Waals surface area contributed by atoms with Crippen molar-refractivity contribution in [1.82, 2.24) is 5.32 Å².